The lowest BCUT2D eigenvalue weighted by Gasteiger charge is -2.02. The standard InChI is InChI=1S/C13H9BrFIN2/c14-12-9(6-7-11(16)13(12)15)8-17-18-10-4-2-1-3-5-10/h1-8,18H. The van der Waals surface area contributed by atoms with E-state index in [2.05, 4.69) is 26.5 Å². The molecule has 0 aliphatic heterocycles. The van der Waals surface area contributed by atoms with Crippen LogP contribution in [0.15, 0.2) is 52.0 Å². The summed E-state index contributed by atoms with van der Waals surface area (Å²) in [5, 5.41) is 4.07. The summed E-state index contributed by atoms with van der Waals surface area (Å²) in [6, 6.07) is 13.1. The Bertz CT molecular complexity index is 573. The van der Waals surface area contributed by atoms with Crippen LogP contribution in [0.3, 0.4) is 0 Å². The molecule has 2 nitrogen and oxygen atoms in total. The number of para-hydroxylation sites is 1. The average Bonchev–Trinajstić information content (AvgIpc) is 2.40. The summed E-state index contributed by atoms with van der Waals surface area (Å²) in [6.45, 7) is 0. The predicted octanol–water partition coefficient (Wildman–Crippen LogP) is 4.64. The van der Waals surface area contributed by atoms with Gasteiger partial charge in [0.05, 0.1) is 16.4 Å². The van der Waals surface area contributed by atoms with Crippen LogP contribution in [0, 0.1) is 9.39 Å². The molecule has 5 heteroatoms. The number of rotatable bonds is 3. The Kier molecular flexibility index (Phi) is 4.71. The van der Waals surface area contributed by atoms with Gasteiger partial charge in [-0.2, -0.15) is 5.10 Å². The van der Waals surface area contributed by atoms with E-state index in [9.17, 15) is 4.39 Å². The fourth-order valence-corrected chi connectivity index (χ4v) is 2.60. The highest BCUT2D eigenvalue weighted by Crippen LogP contribution is 2.23. The van der Waals surface area contributed by atoms with E-state index in [0.717, 1.165) is 5.69 Å². The normalized spacial score (nSPS) is 10.8. The third-order valence-electron chi connectivity index (χ3n) is 2.24. The molecule has 0 amide bonds. The maximum Gasteiger partial charge on any atom is 0.151 e. The zero-order valence-corrected chi connectivity index (χ0v) is 12.9. The van der Waals surface area contributed by atoms with Crippen molar-refractivity contribution in [2.24, 2.45) is 5.10 Å². The van der Waals surface area contributed by atoms with Crippen molar-refractivity contribution in [1.82, 2.24) is 0 Å². The van der Waals surface area contributed by atoms with Gasteiger partial charge in [-0.25, -0.2) is 4.39 Å². The lowest BCUT2D eigenvalue weighted by molar-refractivity contribution is 0.613. The van der Waals surface area contributed by atoms with Crippen molar-refractivity contribution in [1.29, 1.82) is 0 Å². The van der Waals surface area contributed by atoms with E-state index >= 15 is 0 Å². The Balaban J connectivity index is 2.13. The molecule has 0 bridgehead atoms. The second-order valence-corrected chi connectivity index (χ2v) is 5.46. The molecule has 0 spiro atoms. The van der Waals surface area contributed by atoms with Crippen LogP contribution in [0.2, 0.25) is 0 Å². The van der Waals surface area contributed by atoms with E-state index in [1.54, 1.807) is 12.3 Å². The molecule has 0 aromatic heterocycles. The summed E-state index contributed by atoms with van der Waals surface area (Å²) in [7, 11) is 0. The first kappa shape index (κ1) is 13.5. The molecule has 18 heavy (non-hydrogen) atoms. The average molecular weight is 419 g/mol. The Hall–Kier alpha value is -0.950. The minimum absolute atomic E-state index is 0.265. The van der Waals surface area contributed by atoms with E-state index in [4.69, 9.17) is 0 Å². The number of nitrogens with zero attached hydrogens (tertiary/aromatic N) is 1. The summed E-state index contributed by atoms with van der Waals surface area (Å²) >= 11 is 5.17. The zero-order valence-electron chi connectivity index (χ0n) is 9.20. The third-order valence-corrected chi connectivity index (χ3v) is 3.88. The molecule has 0 saturated heterocycles. The Morgan fingerprint density at radius 1 is 1.17 bits per heavy atom. The summed E-state index contributed by atoms with van der Waals surface area (Å²) in [6.07, 6.45) is 1.58. The van der Waals surface area contributed by atoms with Crippen molar-refractivity contribution < 1.29 is 4.39 Å². The number of hydrogen-bond donors (Lipinski definition) is 1. The Morgan fingerprint density at radius 3 is 2.61 bits per heavy atom. The maximum atomic E-state index is 13.6. The lowest BCUT2D eigenvalue weighted by Crippen LogP contribution is -1.94. The van der Waals surface area contributed by atoms with Gasteiger partial charge >= 0.3 is 0 Å². The van der Waals surface area contributed by atoms with E-state index in [1.165, 1.54) is 0 Å². The first-order valence-corrected chi connectivity index (χ1v) is 7.03. The van der Waals surface area contributed by atoms with Gasteiger partial charge < -0.3 is 0 Å². The molecule has 1 N–H and O–H groups in total. The summed E-state index contributed by atoms with van der Waals surface area (Å²) in [4.78, 5) is 0. The van der Waals surface area contributed by atoms with E-state index in [1.807, 2.05) is 59.0 Å². The van der Waals surface area contributed by atoms with Crippen molar-refractivity contribution in [3.05, 3.63) is 61.9 Å². The molecule has 0 radical (unpaired) electrons. The zero-order chi connectivity index (χ0) is 13.0. The molecule has 0 fully saturated rings. The minimum Gasteiger partial charge on any atom is -0.279 e. The number of hydrazone groups is 1. The quantitative estimate of drug-likeness (QED) is 0.334. The smallest absolute Gasteiger partial charge is 0.151 e. The molecule has 0 saturated carbocycles. The van der Waals surface area contributed by atoms with Crippen LogP contribution in [-0.2, 0) is 0 Å². The SMILES string of the molecule is Fc1c(I)ccc(C=NNc2ccccc2)c1Br. The molecule has 2 aromatic rings. The van der Waals surface area contributed by atoms with E-state index < -0.39 is 0 Å². The molecule has 2 rings (SSSR count). The highest BCUT2D eigenvalue weighted by Gasteiger charge is 2.07. The fraction of sp³-hybridized carbons (Fsp3) is 0. The largest absolute Gasteiger partial charge is 0.279 e. The Morgan fingerprint density at radius 2 is 1.89 bits per heavy atom. The molecular formula is C13H9BrFIN2. The van der Waals surface area contributed by atoms with Crippen LogP contribution in [0.5, 0.6) is 0 Å². The number of anilines is 1. The van der Waals surface area contributed by atoms with Gasteiger partial charge in [0.1, 0.15) is 0 Å². The van der Waals surface area contributed by atoms with Gasteiger partial charge in [0.2, 0.25) is 0 Å². The summed E-state index contributed by atoms with van der Waals surface area (Å²) < 4.78 is 14.6. The van der Waals surface area contributed by atoms with Gasteiger partial charge in [0.25, 0.3) is 0 Å². The molecule has 0 aliphatic rings. The van der Waals surface area contributed by atoms with Crippen LogP contribution in [-0.4, -0.2) is 6.21 Å². The fourth-order valence-electron chi connectivity index (χ4n) is 1.33. The summed E-state index contributed by atoms with van der Waals surface area (Å²) in [5.41, 5.74) is 4.45. The number of halogens is 3. The third kappa shape index (κ3) is 3.29. The number of benzene rings is 2. The van der Waals surface area contributed by atoms with Crippen molar-refractivity contribution in [3.8, 4) is 0 Å². The molecule has 0 aliphatic carbocycles. The Labute approximate surface area is 127 Å². The van der Waals surface area contributed by atoms with Gasteiger partial charge in [-0.05, 0) is 56.7 Å². The van der Waals surface area contributed by atoms with Crippen LogP contribution >= 0.6 is 38.5 Å². The number of hydrogen-bond acceptors (Lipinski definition) is 2. The molecular weight excluding hydrogens is 410 g/mol. The van der Waals surface area contributed by atoms with Gasteiger partial charge in [-0.3, -0.25) is 5.43 Å². The van der Waals surface area contributed by atoms with Crippen LogP contribution < -0.4 is 5.43 Å². The van der Waals surface area contributed by atoms with Crippen LogP contribution in [0.1, 0.15) is 5.56 Å². The van der Waals surface area contributed by atoms with Crippen molar-refractivity contribution in [2.75, 3.05) is 5.43 Å². The van der Waals surface area contributed by atoms with Crippen molar-refractivity contribution in [2.45, 2.75) is 0 Å². The highest BCUT2D eigenvalue weighted by atomic mass is 127. The lowest BCUT2D eigenvalue weighted by atomic mass is 10.2. The van der Waals surface area contributed by atoms with Crippen LogP contribution in [0.25, 0.3) is 0 Å². The minimum atomic E-state index is -0.265. The molecule has 92 valence electrons. The maximum absolute atomic E-state index is 13.6. The van der Waals surface area contributed by atoms with Gasteiger partial charge in [0, 0.05) is 9.13 Å². The molecule has 0 atom stereocenters. The molecule has 0 unspecified atom stereocenters. The van der Waals surface area contributed by atoms with Crippen molar-refractivity contribution in [3.63, 3.8) is 0 Å². The van der Waals surface area contributed by atoms with Gasteiger partial charge in [-0.1, -0.05) is 24.3 Å². The second-order valence-electron chi connectivity index (χ2n) is 3.50. The van der Waals surface area contributed by atoms with E-state index in [0.29, 0.717) is 13.6 Å². The topological polar surface area (TPSA) is 24.4 Å². The van der Waals surface area contributed by atoms with Crippen LogP contribution in [0.4, 0.5) is 10.1 Å². The first-order valence-electron chi connectivity index (χ1n) is 5.16. The number of nitrogens with one attached hydrogen (secondary N) is 1. The second kappa shape index (κ2) is 6.29. The van der Waals surface area contributed by atoms with Crippen molar-refractivity contribution >= 4 is 50.4 Å². The first-order chi connectivity index (χ1) is 8.68. The van der Waals surface area contributed by atoms with Gasteiger partial charge in [0.15, 0.2) is 5.82 Å². The monoisotopic (exact) mass is 418 g/mol. The van der Waals surface area contributed by atoms with E-state index in [-0.39, 0.29) is 5.82 Å². The summed E-state index contributed by atoms with van der Waals surface area (Å²) in [5.74, 6) is -0.265. The molecule has 2 aromatic carbocycles. The highest BCUT2D eigenvalue weighted by molar-refractivity contribution is 14.1. The molecule has 0 heterocycles. The van der Waals surface area contributed by atoms with Gasteiger partial charge in [-0.15, -0.1) is 0 Å². The predicted molar refractivity (Wildman–Crippen MR) is 84.5 cm³/mol.